The van der Waals surface area contributed by atoms with Crippen LogP contribution in [0.25, 0.3) is 0 Å². The van der Waals surface area contributed by atoms with Crippen LogP contribution in [-0.4, -0.2) is 17.4 Å². The van der Waals surface area contributed by atoms with Crippen LogP contribution in [0.3, 0.4) is 0 Å². The third-order valence-electron chi connectivity index (χ3n) is 2.66. The van der Waals surface area contributed by atoms with Gasteiger partial charge in [-0.2, -0.15) is 0 Å². The number of hydrogen-bond donors (Lipinski definition) is 0. The van der Waals surface area contributed by atoms with E-state index in [-0.39, 0.29) is 22.5 Å². The van der Waals surface area contributed by atoms with Crippen molar-refractivity contribution in [1.29, 1.82) is 0 Å². The molecule has 0 aliphatic carbocycles. The predicted molar refractivity (Wildman–Crippen MR) is 58.7 cm³/mol. The Balaban J connectivity index is 2.27. The standard InChI is InChI=1S/C11H10BrF2NO/c12-8-3-4-9(13)7(11(8)14)6-15-5-1-2-10(15)16/h3-4H,1-2,5-6H2. The molecule has 0 unspecified atom stereocenters. The van der Waals surface area contributed by atoms with E-state index in [9.17, 15) is 13.6 Å². The van der Waals surface area contributed by atoms with Gasteiger partial charge in [0, 0.05) is 18.5 Å². The van der Waals surface area contributed by atoms with Gasteiger partial charge in [0.15, 0.2) is 0 Å². The fourth-order valence-electron chi connectivity index (χ4n) is 1.78. The molecule has 0 radical (unpaired) electrons. The third kappa shape index (κ3) is 2.09. The number of benzene rings is 1. The van der Waals surface area contributed by atoms with Crippen molar-refractivity contribution in [3.63, 3.8) is 0 Å². The lowest BCUT2D eigenvalue weighted by molar-refractivity contribution is -0.128. The van der Waals surface area contributed by atoms with Crippen molar-refractivity contribution >= 4 is 21.8 Å². The first-order valence-corrected chi connectivity index (χ1v) is 5.79. The molecule has 1 aromatic rings. The second-order valence-corrected chi connectivity index (χ2v) is 4.59. The zero-order valence-corrected chi connectivity index (χ0v) is 10.1. The van der Waals surface area contributed by atoms with Crippen LogP contribution in [0.2, 0.25) is 0 Å². The minimum Gasteiger partial charge on any atom is -0.338 e. The molecule has 5 heteroatoms. The van der Waals surface area contributed by atoms with Crippen LogP contribution >= 0.6 is 15.9 Å². The molecule has 16 heavy (non-hydrogen) atoms. The third-order valence-corrected chi connectivity index (χ3v) is 3.27. The number of amides is 1. The van der Waals surface area contributed by atoms with Crippen LogP contribution < -0.4 is 0 Å². The average molecular weight is 290 g/mol. The monoisotopic (exact) mass is 289 g/mol. The molecular formula is C11H10BrF2NO. The highest BCUT2D eigenvalue weighted by molar-refractivity contribution is 9.10. The lowest BCUT2D eigenvalue weighted by Crippen LogP contribution is -2.25. The van der Waals surface area contributed by atoms with E-state index >= 15 is 0 Å². The highest BCUT2D eigenvalue weighted by Crippen LogP contribution is 2.24. The number of likely N-dealkylation sites (tertiary alicyclic amines) is 1. The molecule has 0 aromatic heterocycles. The number of carbonyl (C=O) groups is 1. The van der Waals surface area contributed by atoms with E-state index in [1.54, 1.807) is 0 Å². The average Bonchev–Trinajstić information content (AvgIpc) is 2.65. The first-order chi connectivity index (χ1) is 7.59. The SMILES string of the molecule is O=C1CCCN1Cc1c(F)ccc(Br)c1F. The summed E-state index contributed by atoms with van der Waals surface area (Å²) in [5, 5.41) is 0. The van der Waals surface area contributed by atoms with Crippen LogP contribution in [-0.2, 0) is 11.3 Å². The zero-order chi connectivity index (χ0) is 11.7. The maximum Gasteiger partial charge on any atom is 0.222 e. The van der Waals surface area contributed by atoms with E-state index in [2.05, 4.69) is 15.9 Å². The van der Waals surface area contributed by atoms with E-state index in [1.807, 2.05) is 0 Å². The maximum atomic E-state index is 13.6. The van der Waals surface area contributed by atoms with Crippen LogP contribution in [0.1, 0.15) is 18.4 Å². The smallest absolute Gasteiger partial charge is 0.222 e. The second-order valence-electron chi connectivity index (χ2n) is 3.74. The van der Waals surface area contributed by atoms with Gasteiger partial charge in [-0.05, 0) is 34.5 Å². The molecular weight excluding hydrogens is 280 g/mol. The molecule has 2 nitrogen and oxygen atoms in total. The van der Waals surface area contributed by atoms with Gasteiger partial charge in [0.1, 0.15) is 11.6 Å². The molecule has 0 N–H and O–H groups in total. The molecule has 1 saturated heterocycles. The van der Waals surface area contributed by atoms with Crippen molar-refractivity contribution in [2.75, 3.05) is 6.54 Å². The molecule has 86 valence electrons. The molecule has 0 atom stereocenters. The van der Waals surface area contributed by atoms with E-state index in [0.717, 1.165) is 6.42 Å². The number of hydrogen-bond acceptors (Lipinski definition) is 1. The van der Waals surface area contributed by atoms with E-state index in [1.165, 1.54) is 17.0 Å². The minimum absolute atomic E-state index is 0.00986. The Kier molecular flexibility index (Phi) is 3.23. The predicted octanol–water partition coefficient (Wildman–Crippen LogP) is 2.85. The molecule has 1 aromatic carbocycles. The lowest BCUT2D eigenvalue weighted by atomic mass is 10.2. The van der Waals surface area contributed by atoms with E-state index < -0.39 is 11.6 Å². The number of rotatable bonds is 2. The maximum absolute atomic E-state index is 13.6. The summed E-state index contributed by atoms with van der Waals surface area (Å²) in [5.41, 5.74) is -0.0513. The Morgan fingerprint density at radius 2 is 2.12 bits per heavy atom. The summed E-state index contributed by atoms with van der Waals surface area (Å²) in [6.45, 7) is 0.583. The van der Waals surface area contributed by atoms with Crippen molar-refractivity contribution in [3.05, 3.63) is 33.8 Å². The van der Waals surface area contributed by atoms with Crippen LogP contribution in [0.5, 0.6) is 0 Å². The van der Waals surface area contributed by atoms with Crippen molar-refractivity contribution in [3.8, 4) is 0 Å². The fourth-order valence-corrected chi connectivity index (χ4v) is 2.15. The van der Waals surface area contributed by atoms with Crippen LogP contribution in [0.15, 0.2) is 16.6 Å². The molecule has 1 fully saturated rings. The Hall–Kier alpha value is -0.970. The quantitative estimate of drug-likeness (QED) is 0.767. The topological polar surface area (TPSA) is 20.3 Å². The molecule has 0 bridgehead atoms. The van der Waals surface area contributed by atoms with Gasteiger partial charge in [-0.15, -0.1) is 0 Å². The van der Waals surface area contributed by atoms with Gasteiger partial charge in [0.2, 0.25) is 5.91 Å². The summed E-state index contributed by atoms with van der Waals surface area (Å²) >= 11 is 3.00. The first-order valence-electron chi connectivity index (χ1n) is 4.99. The van der Waals surface area contributed by atoms with Gasteiger partial charge in [-0.25, -0.2) is 8.78 Å². The fraction of sp³-hybridized carbons (Fsp3) is 0.364. The summed E-state index contributed by atoms with van der Waals surface area (Å²) in [6.07, 6.45) is 1.23. The van der Waals surface area contributed by atoms with Crippen molar-refractivity contribution in [2.24, 2.45) is 0 Å². The molecule has 0 saturated carbocycles. The Labute approximate surface area is 100 Å². The summed E-state index contributed by atoms with van der Waals surface area (Å²) in [7, 11) is 0. The van der Waals surface area contributed by atoms with Crippen molar-refractivity contribution < 1.29 is 13.6 Å². The van der Waals surface area contributed by atoms with Gasteiger partial charge in [0.25, 0.3) is 0 Å². The van der Waals surface area contributed by atoms with Gasteiger partial charge in [-0.3, -0.25) is 4.79 Å². The normalized spacial score (nSPS) is 15.9. The second kappa shape index (κ2) is 4.49. The molecule has 1 aliphatic rings. The van der Waals surface area contributed by atoms with Gasteiger partial charge in [0.05, 0.1) is 11.0 Å². The van der Waals surface area contributed by atoms with Gasteiger partial charge < -0.3 is 4.90 Å². The minimum atomic E-state index is -0.625. The van der Waals surface area contributed by atoms with Crippen molar-refractivity contribution in [2.45, 2.75) is 19.4 Å². The number of nitrogens with zero attached hydrogens (tertiary/aromatic N) is 1. The summed E-state index contributed by atoms with van der Waals surface area (Å²) in [6, 6.07) is 2.52. The number of halogens is 3. The Morgan fingerprint density at radius 1 is 1.38 bits per heavy atom. The first kappa shape index (κ1) is 11.5. The van der Waals surface area contributed by atoms with Gasteiger partial charge in [-0.1, -0.05) is 0 Å². The Morgan fingerprint density at radius 3 is 2.75 bits per heavy atom. The van der Waals surface area contributed by atoms with Crippen molar-refractivity contribution in [1.82, 2.24) is 4.90 Å². The largest absolute Gasteiger partial charge is 0.338 e. The van der Waals surface area contributed by atoms with Crippen LogP contribution in [0.4, 0.5) is 8.78 Å². The zero-order valence-electron chi connectivity index (χ0n) is 8.47. The highest BCUT2D eigenvalue weighted by atomic mass is 79.9. The highest BCUT2D eigenvalue weighted by Gasteiger charge is 2.23. The summed E-state index contributed by atoms with van der Waals surface area (Å²) in [5.74, 6) is -1.28. The Bertz CT molecular complexity index is 436. The molecule has 1 amide bonds. The summed E-state index contributed by atoms with van der Waals surface area (Å²) < 4.78 is 27.2. The molecule has 1 heterocycles. The van der Waals surface area contributed by atoms with E-state index in [4.69, 9.17) is 0 Å². The molecule has 0 spiro atoms. The molecule has 2 rings (SSSR count). The molecule has 1 aliphatic heterocycles. The lowest BCUT2D eigenvalue weighted by Gasteiger charge is -2.16. The van der Waals surface area contributed by atoms with E-state index in [0.29, 0.717) is 13.0 Å². The number of carbonyl (C=O) groups excluding carboxylic acids is 1. The summed E-state index contributed by atoms with van der Waals surface area (Å²) in [4.78, 5) is 12.8. The van der Waals surface area contributed by atoms with Gasteiger partial charge >= 0.3 is 0 Å². The van der Waals surface area contributed by atoms with Crippen LogP contribution in [0, 0.1) is 11.6 Å².